The van der Waals surface area contributed by atoms with Crippen LogP contribution in [0.1, 0.15) is 51.2 Å². The van der Waals surface area contributed by atoms with Gasteiger partial charge in [-0.2, -0.15) is 0 Å². The van der Waals surface area contributed by atoms with Crippen LogP contribution in [0.2, 0.25) is 0 Å². The molecule has 114 valence electrons. The third kappa shape index (κ3) is 1.95. The number of aromatic hydroxyl groups is 1. The normalized spacial score (nSPS) is 37.1. The number of rotatable bonds is 2. The van der Waals surface area contributed by atoms with Crippen molar-refractivity contribution in [3.05, 3.63) is 29.3 Å². The molecule has 1 saturated carbocycles. The summed E-state index contributed by atoms with van der Waals surface area (Å²) < 4.78 is 0. The van der Waals surface area contributed by atoms with Crippen LogP contribution in [0.3, 0.4) is 0 Å². The van der Waals surface area contributed by atoms with E-state index in [1.807, 2.05) is 12.1 Å². The molecule has 0 radical (unpaired) electrons. The second-order valence-electron chi connectivity index (χ2n) is 7.88. The molecule has 2 fully saturated rings. The first kappa shape index (κ1) is 13.6. The van der Waals surface area contributed by atoms with Gasteiger partial charge in [-0.05, 0) is 79.7 Å². The lowest BCUT2D eigenvalue weighted by atomic mass is 9.58. The van der Waals surface area contributed by atoms with E-state index >= 15 is 0 Å². The highest BCUT2D eigenvalue weighted by Gasteiger charge is 2.50. The van der Waals surface area contributed by atoms with Crippen LogP contribution in [0, 0.1) is 11.8 Å². The predicted molar refractivity (Wildman–Crippen MR) is 85.6 cm³/mol. The average Bonchev–Trinajstić information content (AvgIpc) is 3.28. The molecular formula is C19H27NO. The summed E-state index contributed by atoms with van der Waals surface area (Å²) in [5, 5.41) is 9.90. The van der Waals surface area contributed by atoms with Crippen LogP contribution in [0.25, 0.3) is 0 Å². The SMILES string of the molecule is CC1C2Cc3ccc(O)cc3[C@]1(C)CCN2[C@@H](C)C1CC1. The molecule has 1 aliphatic heterocycles. The van der Waals surface area contributed by atoms with Gasteiger partial charge in [0.25, 0.3) is 0 Å². The maximum atomic E-state index is 9.90. The smallest absolute Gasteiger partial charge is 0.115 e. The lowest BCUT2D eigenvalue weighted by molar-refractivity contribution is 0.000427. The third-order valence-electron chi connectivity index (χ3n) is 6.86. The summed E-state index contributed by atoms with van der Waals surface area (Å²) in [5.41, 5.74) is 3.10. The van der Waals surface area contributed by atoms with Gasteiger partial charge in [-0.15, -0.1) is 0 Å². The Kier molecular flexibility index (Phi) is 2.91. The predicted octanol–water partition coefficient (Wildman–Crippen LogP) is 3.71. The first-order chi connectivity index (χ1) is 10.0. The van der Waals surface area contributed by atoms with E-state index in [-0.39, 0.29) is 5.41 Å². The summed E-state index contributed by atoms with van der Waals surface area (Å²) in [6.45, 7) is 8.52. The number of likely N-dealkylation sites (tertiary alicyclic amines) is 1. The van der Waals surface area contributed by atoms with Gasteiger partial charge in [0.2, 0.25) is 0 Å². The molecular weight excluding hydrogens is 258 g/mol. The summed E-state index contributed by atoms with van der Waals surface area (Å²) >= 11 is 0. The summed E-state index contributed by atoms with van der Waals surface area (Å²) in [6, 6.07) is 7.48. The Morgan fingerprint density at radius 1 is 1.33 bits per heavy atom. The summed E-state index contributed by atoms with van der Waals surface area (Å²) in [7, 11) is 0. The molecule has 2 unspecified atom stereocenters. The standard InChI is InChI=1S/C19H27NO/c1-12-18-10-15-6-7-16(21)11-17(15)19(12,3)8-9-20(18)13(2)14-4-5-14/h6-7,11-14,18,21H,4-5,8-10H2,1-3H3/t12?,13-,18?,19+/m0/s1. The first-order valence-electron chi connectivity index (χ1n) is 8.59. The van der Waals surface area contributed by atoms with Crippen molar-refractivity contribution in [3.8, 4) is 5.75 Å². The molecule has 1 N–H and O–H groups in total. The molecule has 0 aromatic heterocycles. The molecule has 4 rings (SSSR count). The summed E-state index contributed by atoms with van der Waals surface area (Å²) in [5.74, 6) is 2.04. The fraction of sp³-hybridized carbons (Fsp3) is 0.684. The Hall–Kier alpha value is -1.02. The number of phenolic OH excluding ortho intramolecular Hbond substituents is 1. The van der Waals surface area contributed by atoms with E-state index in [0.717, 1.165) is 18.4 Å². The minimum Gasteiger partial charge on any atom is -0.508 e. The molecule has 2 aliphatic carbocycles. The zero-order valence-corrected chi connectivity index (χ0v) is 13.5. The molecule has 2 nitrogen and oxygen atoms in total. The number of hydrogen-bond acceptors (Lipinski definition) is 2. The van der Waals surface area contributed by atoms with E-state index in [4.69, 9.17) is 0 Å². The Balaban J connectivity index is 1.73. The van der Waals surface area contributed by atoms with Gasteiger partial charge in [0, 0.05) is 12.1 Å². The molecule has 21 heavy (non-hydrogen) atoms. The van der Waals surface area contributed by atoms with Crippen molar-refractivity contribution in [2.75, 3.05) is 6.54 Å². The fourth-order valence-corrected chi connectivity index (χ4v) is 5.00. The van der Waals surface area contributed by atoms with E-state index in [1.165, 1.54) is 36.9 Å². The van der Waals surface area contributed by atoms with Gasteiger partial charge in [0.05, 0.1) is 0 Å². The molecule has 1 saturated heterocycles. The lowest BCUT2D eigenvalue weighted by Crippen LogP contribution is -2.60. The maximum absolute atomic E-state index is 9.90. The van der Waals surface area contributed by atoms with Gasteiger partial charge >= 0.3 is 0 Å². The van der Waals surface area contributed by atoms with E-state index < -0.39 is 0 Å². The highest BCUT2D eigenvalue weighted by molar-refractivity contribution is 5.44. The molecule has 4 atom stereocenters. The highest BCUT2D eigenvalue weighted by atomic mass is 16.3. The van der Waals surface area contributed by atoms with Gasteiger partial charge in [-0.1, -0.05) is 19.9 Å². The van der Waals surface area contributed by atoms with Crippen LogP contribution in [-0.4, -0.2) is 28.6 Å². The Bertz CT molecular complexity index is 565. The zero-order valence-electron chi connectivity index (χ0n) is 13.5. The highest BCUT2D eigenvalue weighted by Crippen LogP contribution is 2.51. The quantitative estimate of drug-likeness (QED) is 0.895. The number of nitrogens with zero attached hydrogens (tertiary/aromatic N) is 1. The van der Waals surface area contributed by atoms with Crippen molar-refractivity contribution in [2.45, 2.75) is 64.0 Å². The van der Waals surface area contributed by atoms with Crippen molar-refractivity contribution >= 4 is 0 Å². The second-order valence-corrected chi connectivity index (χ2v) is 7.88. The van der Waals surface area contributed by atoms with Gasteiger partial charge in [0.15, 0.2) is 0 Å². The van der Waals surface area contributed by atoms with Crippen LogP contribution >= 0.6 is 0 Å². The number of fused-ring (bicyclic) bond motifs is 4. The lowest BCUT2D eigenvalue weighted by Gasteiger charge is -2.56. The maximum Gasteiger partial charge on any atom is 0.115 e. The van der Waals surface area contributed by atoms with Gasteiger partial charge < -0.3 is 5.11 Å². The van der Waals surface area contributed by atoms with Gasteiger partial charge in [0.1, 0.15) is 5.75 Å². The number of hydrogen-bond donors (Lipinski definition) is 1. The molecule has 0 spiro atoms. The Morgan fingerprint density at radius 3 is 2.81 bits per heavy atom. The monoisotopic (exact) mass is 285 g/mol. The molecule has 1 aromatic carbocycles. The van der Waals surface area contributed by atoms with Crippen LogP contribution in [0.5, 0.6) is 5.75 Å². The molecule has 3 aliphatic rings. The molecule has 1 aromatic rings. The minimum atomic E-state index is 0.233. The van der Waals surface area contributed by atoms with E-state index in [1.54, 1.807) is 0 Å². The number of piperidine rings is 1. The van der Waals surface area contributed by atoms with Crippen LogP contribution in [-0.2, 0) is 11.8 Å². The summed E-state index contributed by atoms with van der Waals surface area (Å²) in [6.07, 6.45) is 5.24. The van der Waals surface area contributed by atoms with E-state index in [2.05, 4.69) is 31.7 Å². The zero-order chi connectivity index (χ0) is 14.8. The largest absolute Gasteiger partial charge is 0.508 e. The molecule has 0 amide bonds. The van der Waals surface area contributed by atoms with Crippen molar-refractivity contribution < 1.29 is 5.11 Å². The minimum absolute atomic E-state index is 0.233. The van der Waals surface area contributed by atoms with Crippen LogP contribution in [0.4, 0.5) is 0 Å². The number of benzene rings is 1. The number of phenols is 1. The van der Waals surface area contributed by atoms with Crippen molar-refractivity contribution in [1.82, 2.24) is 4.90 Å². The average molecular weight is 285 g/mol. The Morgan fingerprint density at radius 2 is 2.10 bits per heavy atom. The van der Waals surface area contributed by atoms with Gasteiger partial charge in [-0.25, -0.2) is 0 Å². The van der Waals surface area contributed by atoms with Crippen LogP contribution in [0.15, 0.2) is 18.2 Å². The van der Waals surface area contributed by atoms with Crippen molar-refractivity contribution in [3.63, 3.8) is 0 Å². The Labute approximate surface area is 128 Å². The topological polar surface area (TPSA) is 23.5 Å². The first-order valence-corrected chi connectivity index (χ1v) is 8.59. The molecule has 1 heterocycles. The van der Waals surface area contributed by atoms with Crippen molar-refractivity contribution in [1.29, 1.82) is 0 Å². The summed E-state index contributed by atoms with van der Waals surface area (Å²) in [4.78, 5) is 2.81. The van der Waals surface area contributed by atoms with E-state index in [0.29, 0.717) is 17.7 Å². The van der Waals surface area contributed by atoms with Crippen molar-refractivity contribution in [2.24, 2.45) is 11.8 Å². The fourth-order valence-electron chi connectivity index (χ4n) is 5.00. The molecule has 2 bridgehead atoms. The third-order valence-corrected chi connectivity index (χ3v) is 6.86. The molecule has 2 heteroatoms. The van der Waals surface area contributed by atoms with Crippen LogP contribution < -0.4 is 0 Å². The second kappa shape index (κ2) is 4.49. The van der Waals surface area contributed by atoms with Gasteiger partial charge in [-0.3, -0.25) is 4.90 Å². The van der Waals surface area contributed by atoms with E-state index in [9.17, 15) is 5.11 Å².